The minimum Gasteiger partial charge on any atom is -0.618 e. The smallest absolute Gasteiger partial charge is 0.219 e. The third kappa shape index (κ3) is 2.86. The fourth-order valence-electron chi connectivity index (χ4n) is 1.61. The topological polar surface area (TPSA) is 26.1 Å². The van der Waals surface area contributed by atoms with Gasteiger partial charge in [-0.15, -0.1) is 0 Å². The van der Waals surface area contributed by atoms with Gasteiger partial charge in [0.25, 0.3) is 0 Å². The van der Waals surface area contributed by atoms with Crippen LogP contribution in [-0.2, 0) is 0 Å². The van der Waals surface area contributed by atoms with Gasteiger partial charge in [0.2, 0.25) is 5.69 Å². The lowest BCUT2D eigenvalue weighted by Gasteiger charge is -2.06. The van der Waals surface area contributed by atoms with Crippen molar-refractivity contribution in [2.24, 2.45) is 0 Å². The first-order valence-electron chi connectivity index (χ1n) is 5.29. The van der Waals surface area contributed by atoms with Crippen LogP contribution in [0.3, 0.4) is 0 Å². The number of nitrogens with zero attached hydrogens (tertiary/aromatic N) is 1. The molecule has 2 aromatic carbocycles. The average Bonchev–Trinajstić information content (AvgIpc) is 2.30. The van der Waals surface area contributed by atoms with Crippen LogP contribution in [0.5, 0.6) is 0 Å². The molecule has 0 N–H and O–H groups in total. The molecule has 0 unspecified atom stereocenters. The molecule has 2 nitrogen and oxygen atoms in total. The third-order valence-electron chi connectivity index (χ3n) is 2.46. The van der Waals surface area contributed by atoms with E-state index in [2.05, 4.69) is 0 Å². The van der Waals surface area contributed by atoms with Gasteiger partial charge in [0.05, 0.1) is 0 Å². The molecule has 0 aliphatic carbocycles. The molecule has 0 fully saturated rings. The second-order valence-electron chi connectivity index (χ2n) is 3.80. The van der Waals surface area contributed by atoms with Gasteiger partial charge in [-0.05, 0) is 31.2 Å². The van der Waals surface area contributed by atoms with E-state index < -0.39 is 0 Å². The lowest BCUT2D eigenvalue weighted by Crippen LogP contribution is -2.00. The summed E-state index contributed by atoms with van der Waals surface area (Å²) in [5, 5.41) is 12.6. The molecule has 0 bridgehead atoms. The van der Waals surface area contributed by atoms with Crippen LogP contribution in [0.2, 0.25) is 5.02 Å². The highest BCUT2D eigenvalue weighted by atomic mass is 35.5. The van der Waals surface area contributed by atoms with E-state index in [0.29, 0.717) is 10.7 Å². The molecule has 0 spiro atoms. The quantitative estimate of drug-likeness (QED) is 0.341. The molecule has 2 rings (SSSR count). The van der Waals surface area contributed by atoms with Crippen molar-refractivity contribution in [1.29, 1.82) is 0 Å². The Balaban J connectivity index is 2.37. The Labute approximate surface area is 105 Å². The molecule has 0 atom stereocenters. The first kappa shape index (κ1) is 11.7. The maximum atomic E-state index is 12.0. The van der Waals surface area contributed by atoms with Crippen molar-refractivity contribution in [3.05, 3.63) is 69.9 Å². The van der Waals surface area contributed by atoms with Crippen molar-refractivity contribution in [1.82, 2.24) is 0 Å². The van der Waals surface area contributed by atoms with E-state index in [1.54, 1.807) is 24.4 Å². The summed E-state index contributed by atoms with van der Waals surface area (Å²) in [6.45, 7) is 1.87. The highest BCUT2D eigenvalue weighted by molar-refractivity contribution is 6.30. The molecule has 0 amide bonds. The average molecular weight is 246 g/mol. The van der Waals surface area contributed by atoms with E-state index in [9.17, 15) is 5.21 Å². The zero-order chi connectivity index (χ0) is 12.3. The van der Waals surface area contributed by atoms with Crippen molar-refractivity contribution in [3.8, 4) is 0 Å². The summed E-state index contributed by atoms with van der Waals surface area (Å²) >= 11 is 5.85. The molecule has 0 aliphatic heterocycles. The predicted molar refractivity (Wildman–Crippen MR) is 71.1 cm³/mol. The molecular formula is C14H12ClNO. The van der Waals surface area contributed by atoms with Crippen LogP contribution in [0.25, 0.3) is 0 Å². The molecular weight excluding hydrogens is 234 g/mol. The van der Waals surface area contributed by atoms with Gasteiger partial charge < -0.3 is 5.21 Å². The zero-order valence-corrected chi connectivity index (χ0v) is 10.2. The lowest BCUT2D eigenvalue weighted by molar-refractivity contribution is -0.355. The second-order valence-corrected chi connectivity index (χ2v) is 4.23. The van der Waals surface area contributed by atoms with E-state index in [-0.39, 0.29) is 0 Å². The first-order valence-corrected chi connectivity index (χ1v) is 5.67. The van der Waals surface area contributed by atoms with Crippen LogP contribution in [0.15, 0.2) is 48.5 Å². The maximum absolute atomic E-state index is 12.0. The van der Waals surface area contributed by atoms with Crippen molar-refractivity contribution in [2.45, 2.75) is 6.92 Å². The zero-order valence-electron chi connectivity index (χ0n) is 9.43. The van der Waals surface area contributed by atoms with Crippen molar-refractivity contribution < 1.29 is 4.74 Å². The van der Waals surface area contributed by atoms with Gasteiger partial charge >= 0.3 is 0 Å². The van der Waals surface area contributed by atoms with Gasteiger partial charge in [-0.25, -0.2) is 0 Å². The molecule has 17 heavy (non-hydrogen) atoms. The van der Waals surface area contributed by atoms with Crippen molar-refractivity contribution >= 4 is 23.5 Å². The first-order chi connectivity index (χ1) is 8.16. The van der Waals surface area contributed by atoms with Crippen LogP contribution in [0.1, 0.15) is 11.1 Å². The summed E-state index contributed by atoms with van der Waals surface area (Å²) in [5.41, 5.74) is 2.34. The summed E-state index contributed by atoms with van der Waals surface area (Å²) in [6, 6.07) is 14.7. The summed E-state index contributed by atoms with van der Waals surface area (Å²) in [4.78, 5) is 0. The number of aryl methyl sites for hydroxylation is 1. The summed E-state index contributed by atoms with van der Waals surface area (Å²) in [7, 11) is 0. The minimum atomic E-state index is 0.609. The normalized spacial score (nSPS) is 11.5. The summed E-state index contributed by atoms with van der Waals surface area (Å²) in [5.74, 6) is 0. The highest BCUT2D eigenvalue weighted by Crippen LogP contribution is 2.21. The molecule has 0 heterocycles. The molecule has 0 aromatic heterocycles. The van der Waals surface area contributed by atoms with Crippen molar-refractivity contribution in [3.63, 3.8) is 0 Å². The molecule has 3 heteroatoms. The van der Waals surface area contributed by atoms with E-state index in [4.69, 9.17) is 11.6 Å². The summed E-state index contributed by atoms with van der Waals surface area (Å²) in [6.07, 6.45) is 1.55. The molecule has 0 radical (unpaired) electrons. The Kier molecular flexibility index (Phi) is 3.45. The van der Waals surface area contributed by atoms with E-state index >= 15 is 0 Å². The second kappa shape index (κ2) is 5.02. The maximum Gasteiger partial charge on any atom is 0.219 e. The van der Waals surface area contributed by atoms with Crippen LogP contribution < -0.4 is 0 Å². The molecule has 2 aromatic rings. The molecule has 0 saturated carbocycles. The highest BCUT2D eigenvalue weighted by Gasteiger charge is 2.06. The lowest BCUT2D eigenvalue weighted by atomic mass is 10.2. The van der Waals surface area contributed by atoms with Crippen molar-refractivity contribution in [2.75, 3.05) is 0 Å². The number of hydrogen-bond acceptors (Lipinski definition) is 1. The fourth-order valence-corrected chi connectivity index (χ4v) is 1.84. The Morgan fingerprint density at radius 2 is 1.82 bits per heavy atom. The fraction of sp³-hybridized carbons (Fsp3) is 0.0714. The van der Waals surface area contributed by atoms with Gasteiger partial charge in [-0.1, -0.05) is 29.8 Å². The van der Waals surface area contributed by atoms with E-state index in [1.807, 2.05) is 37.3 Å². The number of rotatable bonds is 2. The van der Waals surface area contributed by atoms with Gasteiger partial charge in [-0.3, -0.25) is 0 Å². The molecule has 0 saturated heterocycles. The van der Waals surface area contributed by atoms with Crippen LogP contribution >= 0.6 is 11.6 Å². The van der Waals surface area contributed by atoms with E-state index in [0.717, 1.165) is 15.9 Å². The van der Waals surface area contributed by atoms with Gasteiger partial charge in [-0.2, -0.15) is 4.74 Å². The SMILES string of the molecule is Cc1cc(Cl)ccc1[N+]([O-])=Cc1ccccc1. The van der Waals surface area contributed by atoms with Gasteiger partial charge in [0, 0.05) is 22.2 Å². The van der Waals surface area contributed by atoms with Crippen LogP contribution in [-0.4, -0.2) is 11.0 Å². The third-order valence-corrected chi connectivity index (χ3v) is 2.70. The molecule has 0 aliphatic rings. The largest absolute Gasteiger partial charge is 0.618 e. The Morgan fingerprint density at radius 1 is 1.12 bits per heavy atom. The monoisotopic (exact) mass is 245 g/mol. The number of hydrogen-bond donors (Lipinski definition) is 0. The standard InChI is InChI=1S/C14H12ClNO/c1-11-9-13(15)7-8-14(11)16(17)10-12-5-3-2-4-6-12/h2-10H,1H3. The number of benzene rings is 2. The van der Waals surface area contributed by atoms with Gasteiger partial charge in [0.1, 0.15) is 0 Å². The minimum absolute atomic E-state index is 0.609. The molecule has 86 valence electrons. The van der Waals surface area contributed by atoms with Crippen LogP contribution in [0.4, 0.5) is 5.69 Å². The Bertz CT molecular complexity index is 549. The Hall–Kier alpha value is -1.80. The Morgan fingerprint density at radius 3 is 2.47 bits per heavy atom. The van der Waals surface area contributed by atoms with Crippen LogP contribution in [0, 0.1) is 12.1 Å². The van der Waals surface area contributed by atoms with E-state index in [1.165, 1.54) is 0 Å². The van der Waals surface area contributed by atoms with Gasteiger partial charge in [0.15, 0.2) is 6.21 Å². The predicted octanol–water partition coefficient (Wildman–Crippen LogP) is 3.91. The number of halogens is 1. The summed E-state index contributed by atoms with van der Waals surface area (Å²) < 4.78 is 0.862.